The molecule has 1 unspecified atom stereocenters. The average molecular weight is 310 g/mol. The molecular formula is C19H22N2O2. The van der Waals surface area contributed by atoms with Crippen LogP contribution in [0.3, 0.4) is 0 Å². The van der Waals surface area contributed by atoms with Crippen LogP contribution in [-0.4, -0.2) is 11.5 Å². The third kappa shape index (κ3) is 3.37. The second-order valence-corrected chi connectivity index (χ2v) is 6.53. The fourth-order valence-electron chi connectivity index (χ4n) is 2.96. The van der Waals surface area contributed by atoms with Crippen LogP contribution < -0.4 is 15.8 Å². The molecule has 1 aliphatic rings. The highest BCUT2D eigenvalue weighted by Crippen LogP contribution is 2.39. The van der Waals surface area contributed by atoms with Crippen molar-refractivity contribution < 1.29 is 9.53 Å². The Bertz CT molecular complexity index is 708. The molecule has 0 spiro atoms. The Labute approximate surface area is 136 Å². The lowest BCUT2D eigenvalue weighted by Crippen LogP contribution is -2.41. The first-order valence-corrected chi connectivity index (χ1v) is 7.86. The number of rotatable bonds is 3. The van der Waals surface area contributed by atoms with Crippen LogP contribution in [0.2, 0.25) is 0 Å². The molecule has 1 heterocycles. The topological polar surface area (TPSA) is 64.4 Å². The molecule has 4 nitrogen and oxygen atoms in total. The second kappa shape index (κ2) is 6.05. The lowest BCUT2D eigenvalue weighted by atomic mass is 9.89. The summed E-state index contributed by atoms with van der Waals surface area (Å²) in [5.74, 6) is 0.763. The zero-order valence-electron chi connectivity index (χ0n) is 13.5. The van der Waals surface area contributed by atoms with Crippen LogP contribution in [0.4, 0.5) is 0 Å². The number of carbonyl (C=O) groups is 1. The SMILES string of the molecule is CC1(C)CC(NC(=O)c2ccc(CN)cc2)c2ccccc2O1. The van der Waals surface area contributed by atoms with Gasteiger partial charge in [-0.05, 0) is 37.6 Å². The lowest BCUT2D eigenvalue weighted by molar-refractivity contribution is 0.0620. The predicted molar refractivity (Wildman–Crippen MR) is 90.3 cm³/mol. The van der Waals surface area contributed by atoms with Crippen molar-refractivity contribution in [2.24, 2.45) is 5.73 Å². The van der Waals surface area contributed by atoms with Gasteiger partial charge in [-0.15, -0.1) is 0 Å². The third-order valence-electron chi connectivity index (χ3n) is 4.13. The number of hydrogen-bond acceptors (Lipinski definition) is 3. The van der Waals surface area contributed by atoms with Crippen LogP contribution in [0.5, 0.6) is 5.75 Å². The minimum Gasteiger partial charge on any atom is -0.487 e. The van der Waals surface area contributed by atoms with E-state index in [0.29, 0.717) is 12.1 Å². The molecule has 1 atom stereocenters. The van der Waals surface area contributed by atoms with Crippen molar-refractivity contribution in [3.8, 4) is 5.75 Å². The van der Waals surface area contributed by atoms with Crippen molar-refractivity contribution in [3.63, 3.8) is 0 Å². The van der Waals surface area contributed by atoms with Crippen LogP contribution in [0.1, 0.15) is 47.8 Å². The molecule has 1 amide bonds. The Morgan fingerprint density at radius 1 is 1.22 bits per heavy atom. The summed E-state index contributed by atoms with van der Waals surface area (Å²) in [6.45, 7) is 4.56. The van der Waals surface area contributed by atoms with Crippen molar-refractivity contribution >= 4 is 5.91 Å². The number of benzene rings is 2. The summed E-state index contributed by atoms with van der Waals surface area (Å²) in [6.07, 6.45) is 0.733. The van der Waals surface area contributed by atoms with Gasteiger partial charge in [0.25, 0.3) is 5.91 Å². The van der Waals surface area contributed by atoms with E-state index in [2.05, 4.69) is 5.32 Å². The average Bonchev–Trinajstić information content (AvgIpc) is 2.54. The van der Waals surface area contributed by atoms with E-state index in [1.165, 1.54) is 0 Å². The summed E-state index contributed by atoms with van der Waals surface area (Å²) < 4.78 is 6.00. The molecule has 0 radical (unpaired) electrons. The van der Waals surface area contributed by atoms with Gasteiger partial charge >= 0.3 is 0 Å². The quantitative estimate of drug-likeness (QED) is 0.915. The molecule has 2 aromatic rings. The molecule has 0 aliphatic carbocycles. The molecule has 4 heteroatoms. The van der Waals surface area contributed by atoms with E-state index in [1.54, 1.807) is 0 Å². The third-order valence-corrected chi connectivity index (χ3v) is 4.13. The van der Waals surface area contributed by atoms with Gasteiger partial charge in [0.15, 0.2) is 0 Å². The van der Waals surface area contributed by atoms with E-state index in [4.69, 9.17) is 10.5 Å². The molecule has 23 heavy (non-hydrogen) atoms. The van der Waals surface area contributed by atoms with E-state index in [9.17, 15) is 4.79 Å². The summed E-state index contributed by atoms with van der Waals surface area (Å²) in [5.41, 5.74) is 7.97. The number of nitrogens with one attached hydrogen (secondary N) is 1. The van der Waals surface area contributed by atoms with Crippen molar-refractivity contribution in [1.29, 1.82) is 0 Å². The first-order chi connectivity index (χ1) is 11.0. The highest BCUT2D eigenvalue weighted by Gasteiger charge is 2.34. The summed E-state index contributed by atoms with van der Waals surface area (Å²) in [4.78, 5) is 12.6. The van der Waals surface area contributed by atoms with Crippen LogP contribution >= 0.6 is 0 Å². The number of hydrogen-bond donors (Lipinski definition) is 2. The minimum atomic E-state index is -0.310. The van der Waals surface area contributed by atoms with Gasteiger partial charge in [-0.25, -0.2) is 0 Å². The Kier molecular flexibility index (Phi) is 4.09. The van der Waals surface area contributed by atoms with E-state index in [1.807, 2.05) is 62.4 Å². The van der Waals surface area contributed by atoms with E-state index < -0.39 is 0 Å². The zero-order valence-corrected chi connectivity index (χ0v) is 13.5. The van der Waals surface area contributed by atoms with Gasteiger partial charge in [0.05, 0.1) is 6.04 Å². The number of amides is 1. The zero-order chi connectivity index (χ0) is 16.4. The Hall–Kier alpha value is -2.33. The van der Waals surface area contributed by atoms with Gasteiger partial charge in [0, 0.05) is 24.1 Å². The molecular weight excluding hydrogens is 288 g/mol. The van der Waals surface area contributed by atoms with Gasteiger partial charge < -0.3 is 15.8 Å². The second-order valence-electron chi connectivity index (χ2n) is 6.53. The number of carbonyl (C=O) groups excluding carboxylic acids is 1. The molecule has 0 bridgehead atoms. The predicted octanol–water partition coefficient (Wildman–Crippen LogP) is 3.18. The highest BCUT2D eigenvalue weighted by atomic mass is 16.5. The number of nitrogens with two attached hydrogens (primary N) is 1. The maximum Gasteiger partial charge on any atom is 0.251 e. The van der Waals surface area contributed by atoms with Crippen LogP contribution in [0.15, 0.2) is 48.5 Å². The molecule has 0 aromatic heterocycles. The lowest BCUT2D eigenvalue weighted by Gasteiger charge is -2.37. The van der Waals surface area contributed by atoms with Crippen molar-refractivity contribution in [1.82, 2.24) is 5.32 Å². The van der Waals surface area contributed by atoms with Crippen LogP contribution in [-0.2, 0) is 6.54 Å². The van der Waals surface area contributed by atoms with Crippen molar-refractivity contribution in [2.75, 3.05) is 0 Å². The van der Waals surface area contributed by atoms with Gasteiger partial charge in [-0.2, -0.15) is 0 Å². The molecule has 3 rings (SSSR count). The maximum atomic E-state index is 12.6. The number of fused-ring (bicyclic) bond motifs is 1. The van der Waals surface area contributed by atoms with E-state index >= 15 is 0 Å². The smallest absolute Gasteiger partial charge is 0.251 e. The molecule has 0 saturated heterocycles. The molecule has 3 N–H and O–H groups in total. The van der Waals surface area contributed by atoms with Crippen molar-refractivity contribution in [3.05, 3.63) is 65.2 Å². The monoisotopic (exact) mass is 310 g/mol. The summed E-state index contributed by atoms with van der Waals surface area (Å²) in [6, 6.07) is 15.2. The van der Waals surface area contributed by atoms with Crippen LogP contribution in [0, 0.1) is 0 Å². The van der Waals surface area contributed by atoms with Gasteiger partial charge in [0.2, 0.25) is 0 Å². The molecule has 120 valence electrons. The van der Waals surface area contributed by atoms with E-state index in [0.717, 1.165) is 23.3 Å². The van der Waals surface area contributed by atoms with E-state index in [-0.39, 0.29) is 17.6 Å². The summed E-state index contributed by atoms with van der Waals surface area (Å²) in [7, 11) is 0. The standard InChI is InChI=1S/C19H22N2O2/c1-19(2)11-16(15-5-3-4-6-17(15)23-19)21-18(22)14-9-7-13(12-20)8-10-14/h3-10,16H,11-12,20H2,1-2H3,(H,21,22). The van der Waals surface area contributed by atoms with Gasteiger partial charge in [0.1, 0.15) is 11.4 Å². The van der Waals surface area contributed by atoms with Crippen molar-refractivity contribution in [2.45, 2.75) is 38.5 Å². The Balaban J connectivity index is 1.82. The first kappa shape index (κ1) is 15.6. The Morgan fingerprint density at radius 2 is 1.91 bits per heavy atom. The molecule has 1 aliphatic heterocycles. The molecule has 0 fully saturated rings. The fourth-order valence-corrected chi connectivity index (χ4v) is 2.96. The highest BCUT2D eigenvalue weighted by molar-refractivity contribution is 5.94. The summed E-state index contributed by atoms with van der Waals surface area (Å²) >= 11 is 0. The first-order valence-electron chi connectivity index (χ1n) is 7.86. The minimum absolute atomic E-state index is 0.0587. The fraction of sp³-hybridized carbons (Fsp3) is 0.316. The Morgan fingerprint density at radius 3 is 2.61 bits per heavy atom. The number of para-hydroxylation sites is 1. The largest absolute Gasteiger partial charge is 0.487 e. The molecule has 0 saturated carbocycles. The van der Waals surface area contributed by atoms with Crippen LogP contribution in [0.25, 0.3) is 0 Å². The summed E-state index contributed by atoms with van der Waals surface area (Å²) in [5, 5.41) is 3.13. The number of ether oxygens (including phenoxy) is 1. The van der Waals surface area contributed by atoms with Gasteiger partial charge in [-0.3, -0.25) is 4.79 Å². The maximum absolute atomic E-state index is 12.6. The normalized spacial score (nSPS) is 18.7. The van der Waals surface area contributed by atoms with Gasteiger partial charge in [-0.1, -0.05) is 30.3 Å². The molecule has 2 aromatic carbocycles.